The molecule has 8 nitrogen and oxygen atoms in total. The number of aryl methyl sites for hydroxylation is 1. The van der Waals surface area contributed by atoms with E-state index < -0.39 is 6.04 Å². The SMILES string of the molecule is Cc1cccc2cc(C(c3nnnn3Cc3ccc(F)cc3)N3CCN(C)CC3)c(=O)[nH]c12. The van der Waals surface area contributed by atoms with E-state index in [1.165, 1.54) is 12.1 Å². The predicted molar refractivity (Wildman–Crippen MR) is 124 cm³/mol. The van der Waals surface area contributed by atoms with Gasteiger partial charge in [0.05, 0.1) is 12.1 Å². The van der Waals surface area contributed by atoms with Crippen LogP contribution in [0, 0.1) is 12.7 Å². The fourth-order valence-corrected chi connectivity index (χ4v) is 4.47. The number of pyridine rings is 1. The number of hydrogen-bond donors (Lipinski definition) is 1. The Morgan fingerprint density at radius 1 is 1.09 bits per heavy atom. The van der Waals surface area contributed by atoms with Gasteiger partial charge >= 0.3 is 0 Å². The molecule has 2 aromatic heterocycles. The van der Waals surface area contributed by atoms with Crippen molar-refractivity contribution in [2.24, 2.45) is 0 Å². The number of H-pyrrole nitrogens is 1. The van der Waals surface area contributed by atoms with E-state index in [0.29, 0.717) is 17.9 Å². The summed E-state index contributed by atoms with van der Waals surface area (Å²) in [5, 5.41) is 13.5. The zero-order valence-corrected chi connectivity index (χ0v) is 18.7. The minimum Gasteiger partial charge on any atom is -0.321 e. The van der Waals surface area contributed by atoms with E-state index >= 15 is 0 Å². The van der Waals surface area contributed by atoms with Crippen LogP contribution in [0.4, 0.5) is 4.39 Å². The number of tetrazole rings is 1. The Morgan fingerprint density at radius 2 is 1.85 bits per heavy atom. The lowest BCUT2D eigenvalue weighted by Gasteiger charge is -2.37. The van der Waals surface area contributed by atoms with E-state index in [-0.39, 0.29) is 11.4 Å². The molecule has 3 heterocycles. The lowest BCUT2D eigenvalue weighted by molar-refractivity contribution is 0.121. The van der Waals surface area contributed by atoms with Crippen LogP contribution in [-0.2, 0) is 6.54 Å². The van der Waals surface area contributed by atoms with Crippen LogP contribution in [0.1, 0.15) is 28.6 Å². The molecule has 0 saturated carbocycles. The molecule has 1 saturated heterocycles. The molecule has 1 N–H and O–H groups in total. The van der Waals surface area contributed by atoms with Crippen molar-refractivity contribution in [3.63, 3.8) is 0 Å². The quantitative estimate of drug-likeness (QED) is 0.506. The highest BCUT2D eigenvalue weighted by molar-refractivity contribution is 5.82. The second-order valence-corrected chi connectivity index (χ2v) is 8.66. The first kappa shape index (κ1) is 21.4. The largest absolute Gasteiger partial charge is 0.321 e. The molecular formula is C24H26FN7O. The van der Waals surface area contributed by atoms with E-state index in [0.717, 1.165) is 48.2 Å². The lowest BCUT2D eigenvalue weighted by atomic mass is 10.0. The van der Waals surface area contributed by atoms with Gasteiger partial charge in [0.2, 0.25) is 0 Å². The molecule has 170 valence electrons. The first-order valence-electron chi connectivity index (χ1n) is 11.1. The molecule has 1 fully saturated rings. The summed E-state index contributed by atoms with van der Waals surface area (Å²) in [7, 11) is 2.09. The number of nitrogens with one attached hydrogen (secondary N) is 1. The number of fused-ring (bicyclic) bond motifs is 1. The fraction of sp³-hybridized carbons (Fsp3) is 0.333. The number of likely N-dealkylation sites (N-methyl/N-ethyl adjacent to an activating group) is 1. The third-order valence-electron chi connectivity index (χ3n) is 6.36. The molecule has 0 spiro atoms. The smallest absolute Gasteiger partial charge is 0.253 e. The van der Waals surface area contributed by atoms with E-state index in [4.69, 9.17) is 0 Å². The van der Waals surface area contributed by atoms with Crippen LogP contribution in [-0.4, -0.2) is 68.2 Å². The minimum atomic E-state index is -0.400. The van der Waals surface area contributed by atoms with E-state index in [1.54, 1.807) is 16.8 Å². The highest BCUT2D eigenvalue weighted by atomic mass is 19.1. The van der Waals surface area contributed by atoms with E-state index in [2.05, 4.69) is 37.4 Å². The van der Waals surface area contributed by atoms with Crippen LogP contribution in [0.3, 0.4) is 0 Å². The Labute approximate surface area is 190 Å². The Hall–Kier alpha value is -3.43. The number of para-hydroxylation sites is 1. The molecule has 4 aromatic rings. The summed E-state index contributed by atoms with van der Waals surface area (Å²) in [5.41, 5.74) is 3.22. The van der Waals surface area contributed by atoms with Gasteiger partial charge in [-0.25, -0.2) is 9.07 Å². The second kappa shape index (κ2) is 8.84. The number of hydrogen-bond acceptors (Lipinski definition) is 6. The summed E-state index contributed by atoms with van der Waals surface area (Å²) in [4.78, 5) is 20.9. The first-order chi connectivity index (χ1) is 16.0. The van der Waals surface area contributed by atoms with E-state index in [1.807, 2.05) is 31.2 Å². The van der Waals surface area contributed by atoms with Gasteiger partial charge in [-0.2, -0.15) is 0 Å². The summed E-state index contributed by atoms with van der Waals surface area (Å²) in [6.07, 6.45) is 0. The van der Waals surface area contributed by atoms with Crippen molar-refractivity contribution in [3.05, 3.63) is 87.2 Å². The van der Waals surface area contributed by atoms with Gasteiger partial charge < -0.3 is 9.88 Å². The molecule has 1 atom stereocenters. The Bertz CT molecular complexity index is 1320. The second-order valence-electron chi connectivity index (χ2n) is 8.66. The van der Waals surface area contributed by atoms with Crippen molar-refractivity contribution in [2.75, 3.05) is 33.2 Å². The average Bonchev–Trinajstić information content (AvgIpc) is 3.25. The molecule has 2 aromatic carbocycles. The summed E-state index contributed by atoms with van der Waals surface area (Å²) < 4.78 is 15.1. The van der Waals surface area contributed by atoms with Crippen LogP contribution in [0.2, 0.25) is 0 Å². The van der Waals surface area contributed by atoms with Crippen molar-refractivity contribution in [1.29, 1.82) is 0 Å². The van der Waals surface area contributed by atoms with Crippen LogP contribution in [0.25, 0.3) is 10.9 Å². The molecular weight excluding hydrogens is 421 g/mol. The van der Waals surface area contributed by atoms with Crippen molar-refractivity contribution in [1.82, 2.24) is 35.0 Å². The maximum atomic E-state index is 13.4. The highest BCUT2D eigenvalue weighted by Crippen LogP contribution is 2.28. The fourth-order valence-electron chi connectivity index (χ4n) is 4.47. The lowest BCUT2D eigenvalue weighted by Crippen LogP contribution is -2.47. The van der Waals surface area contributed by atoms with Gasteiger partial charge in [0.15, 0.2) is 5.82 Å². The molecule has 0 amide bonds. The van der Waals surface area contributed by atoms with Gasteiger partial charge in [-0.15, -0.1) is 5.10 Å². The Morgan fingerprint density at radius 3 is 2.61 bits per heavy atom. The molecule has 0 aliphatic carbocycles. The van der Waals surface area contributed by atoms with Crippen molar-refractivity contribution >= 4 is 10.9 Å². The number of aromatic nitrogens is 5. The van der Waals surface area contributed by atoms with Crippen LogP contribution in [0.15, 0.2) is 53.3 Å². The maximum absolute atomic E-state index is 13.4. The van der Waals surface area contributed by atoms with Gasteiger partial charge in [0.1, 0.15) is 11.9 Å². The summed E-state index contributed by atoms with van der Waals surface area (Å²) in [6, 6.07) is 13.8. The number of aromatic amines is 1. The van der Waals surface area contributed by atoms with Crippen LogP contribution < -0.4 is 5.56 Å². The van der Waals surface area contributed by atoms with Crippen molar-refractivity contribution in [3.8, 4) is 0 Å². The van der Waals surface area contributed by atoms with Gasteiger partial charge in [0, 0.05) is 31.7 Å². The van der Waals surface area contributed by atoms with Gasteiger partial charge in [0.25, 0.3) is 5.56 Å². The van der Waals surface area contributed by atoms with Gasteiger partial charge in [-0.3, -0.25) is 9.69 Å². The standard InChI is InChI=1S/C24H26FN7O/c1-16-4-3-5-18-14-20(24(33)26-21(16)18)22(31-12-10-30(2)11-13-31)23-27-28-29-32(23)15-17-6-8-19(25)9-7-17/h3-9,14,22H,10-13,15H2,1-2H3,(H,26,33). The summed E-state index contributed by atoms with van der Waals surface area (Å²) in [6.45, 7) is 5.73. The monoisotopic (exact) mass is 447 g/mol. The number of piperazine rings is 1. The van der Waals surface area contributed by atoms with Crippen LogP contribution in [0.5, 0.6) is 0 Å². The summed E-state index contributed by atoms with van der Waals surface area (Å²) in [5.74, 6) is 0.311. The molecule has 0 radical (unpaired) electrons. The average molecular weight is 448 g/mol. The molecule has 5 rings (SSSR count). The number of benzene rings is 2. The molecule has 0 bridgehead atoms. The minimum absolute atomic E-state index is 0.142. The molecule has 1 unspecified atom stereocenters. The molecule has 1 aliphatic heterocycles. The third kappa shape index (κ3) is 4.29. The summed E-state index contributed by atoms with van der Waals surface area (Å²) >= 11 is 0. The Kier molecular flexibility index (Phi) is 5.74. The first-order valence-corrected chi connectivity index (χ1v) is 11.1. The maximum Gasteiger partial charge on any atom is 0.253 e. The number of nitrogens with zero attached hydrogens (tertiary/aromatic N) is 6. The van der Waals surface area contributed by atoms with Crippen molar-refractivity contribution in [2.45, 2.75) is 19.5 Å². The zero-order valence-electron chi connectivity index (χ0n) is 18.7. The predicted octanol–water partition coefficient (Wildman–Crippen LogP) is 2.35. The third-order valence-corrected chi connectivity index (χ3v) is 6.36. The van der Waals surface area contributed by atoms with Crippen molar-refractivity contribution < 1.29 is 4.39 Å². The van der Waals surface area contributed by atoms with Crippen LogP contribution >= 0.6 is 0 Å². The van der Waals surface area contributed by atoms with Gasteiger partial charge in [-0.1, -0.05) is 30.3 Å². The number of halogens is 1. The molecule has 33 heavy (non-hydrogen) atoms. The topological polar surface area (TPSA) is 82.9 Å². The van der Waals surface area contributed by atoms with Gasteiger partial charge in [-0.05, 0) is 59.1 Å². The van der Waals surface area contributed by atoms with E-state index in [9.17, 15) is 9.18 Å². The number of rotatable bonds is 5. The normalized spacial score (nSPS) is 16.3. The zero-order chi connectivity index (χ0) is 22.9. The Balaban J connectivity index is 1.60. The molecule has 9 heteroatoms. The highest BCUT2D eigenvalue weighted by Gasteiger charge is 2.32. The molecule has 1 aliphatic rings.